The van der Waals surface area contributed by atoms with Crippen molar-refractivity contribution in [1.29, 1.82) is 0 Å². The van der Waals surface area contributed by atoms with Crippen LogP contribution in [0.3, 0.4) is 0 Å². The zero-order chi connectivity index (χ0) is 34.0. The molecular weight excluding hydrogens is 682 g/mol. The van der Waals surface area contributed by atoms with E-state index >= 15 is 0 Å². The number of carbonyl (C=O) groups is 2. The van der Waals surface area contributed by atoms with E-state index in [0.29, 0.717) is 21.7 Å². The molecule has 8 heteroatoms. The van der Waals surface area contributed by atoms with Crippen molar-refractivity contribution in [2.45, 2.75) is 19.1 Å². The summed E-state index contributed by atoms with van der Waals surface area (Å²) in [6.07, 6.45) is 0.0884. The normalized spacial score (nSPS) is 11.3. The van der Waals surface area contributed by atoms with Gasteiger partial charge in [0.1, 0.15) is 41.4 Å². The quantitative estimate of drug-likeness (QED) is 0.124. The highest BCUT2D eigenvalue weighted by Crippen LogP contribution is 2.33. The smallest absolute Gasteiger partial charge is 0.326 e. The molecule has 6 aromatic rings. The summed E-state index contributed by atoms with van der Waals surface area (Å²) in [5.74, 6) is 1.49. The minimum Gasteiger partial charge on any atom is -0.488 e. The summed E-state index contributed by atoms with van der Waals surface area (Å²) < 4.78 is 18.7. The molecule has 0 aliphatic carbocycles. The van der Waals surface area contributed by atoms with Gasteiger partial charge in [-0.05, 0) is 77.4 Å². The molecule has 49 heavy (non-hydrogen) atoms. The van der Waals surface area contributed by atoms with Gasteiger partial charge >= 0.3 is 5.97 Å². The Balaban J connectivity index is 1.11. The van der Waals surface area contributed by atoms with Crippen LogP contribution in [0.4, 0.5) is 0 Å². The molecule has 244 valence electrons. The lowest BCUT2D eigenvalue weighted by atomic mass is 9.99. The van der Waals surface area contributed by atoms with Crippen molar-refractivity contribution in [3.05, 3.63) is 173 Å². The van der Waals surface area contributed by atoms with Gasteiger partial charge < -0.3 is 24.6 Å². The first-order chi connectivity index (χ1) is 23.9. The standard InChI is InChI=1S/C41H32BrNO6/c42-31-21-24-38(47-27-29-17-22-34(23-18-29)48-32-9-3-1-4-10-32)36(26-31)40(44)43-37(41(45)46)25-28-15-19-30(20-16-28)35-13-7-8-14-39(35)49-33-11-5-2-6-12-33/h1-24,26,37H,25,27H2,(H,43,44)(H,45,46)/t37-/m0/s1. The number of halogens is 1. The van der Waals surface area contributed by atoms with Gasteiger partial charge in [-0.3, -0.25) is 4.79 Å². The van der Waals surface area contributed by atoms with Gasteiger partial charge in [-0.1, -0.05) is 107 Å². The van der Waals surface area contributed by atoms with Gasteiger partial charge in [0.25, 0.3) is 5.91 Å². The Morgan fingerprint density at radius 2 is 1.22 bits per heavy atom. The number of ether oxygens (including phenoxy) is 3. The Hall–Kier alpha value is -5.86. The number of para-hydroxylation sites is 3. The molecule has 0 saturated heterocycles. The third-order valence-corrected chi connectivity index (χ3v) is 8.14. The Morgan fingerprint density at radius 3 is 1.90 bits per heavy atom. The van der Waals surface area contributed by atoms with Gasteiger partial charge in [0.15, 0.2) is 0 Å². The number of nitrogens with one attached hydrogen (secondary N) is 1. The maximum atomic E-state index is 13.5. The van der Waals surface area contributed by atoms with Gasteiger partial charge in [0.05, 0.1) is 5.56 Å². The van der Waals surface area contributed by atoms with E-state index in [2.05, 4.69) is 21.2 Å². The van der Waals surface area contributed by atoms with E-state index in [9.17, 15) is 14.7 Å². The average Bonchev–Trinajstić information content (AvgIpc) is 3.13. The predicted molar refractivity (Wildman–Crippen MR) is 192 cm³/mol. The zero-order valence-corrected chi connectivity index (χ0v) is 27.9. The molecule has 0 heterocycles. The van der Waals surface area contributed by atoms with E-state index in [4.69, 9.17) is 14.2 Å². The largest absolute Gasteiger partial charge is 0.488 e. The Labute approximate surface area is 292 Å². The van der Waals surface area contributed by atoms with E-state index < -0.39 is 17.9 Å². The Morgan fingerprint density at radius 1 is 0.633 bits per heavy atom. The molecule has 1 atom stereocenters. The predicted octanol–water partition coefficient (Wildman–Crippen LogP) is 9.71. The van der Waals surface area contributed by atoms with Crippen LogP contribution in [0, 0.1) is 0 Å². The lowest BCUT2D eigenvalue weighted by Gasteiger charge is -2.17. The molecule has 0 fully saturated rings. The summed E-state index contributed by atoms with van der Waals surface area (Å²) in [5, 5.41) is 12.7. The van der Waals surface area contributed by atoms with Gasteiger partial charge in [-0.15, -0.1) is 0 Å². The molecule has 1 amide bonds. The number of aliphatic carboxylic acids is 1. The number of amides is 1. The molecule has 7 nitrogen and oxygen atoms in total. The van der Waals surface area contributed by atoms with E-state index in [1.807, 2.05) is 133 Å². The van der Waals surface area contributed by atoms with Crippen molar-refractivity contribution in [2.75, 3.05) is 0 Å². The first-order valence-electron chi connectivity index (χ1n) is 15.6. The molecule has 6 rings (SSSR count). The van der Waals surface area contributed by atoms with Gasteiger partial charge in [-0.25, -0.2) is 4.79 Å². The van der Waals surface area contributed by atoms with E-state index in [-0.39, 0.29) is 18.6 Å². The molecular formula is C41H32BrNO6. The lowest BCUT2D eigenvalue weighted by molar-refractivity contribution is -0.139. The van der Waals surface area contributed by atoms with E-state index in [1.165, 1.54) is 0 Å². The first-order valence-corrected chi connectivity index (χ1v) is 16.4. The topological polar surface area (TPSA) is 94.1 Å². The number of hydrogen-bond acceptors (Lipinski definition) is 5. The molecule has 0 aliphatic rings. The van der Waals surface area contributed by atoms with Gasteiger partial charge in [0, 0.05) is 16.5 Å². The minimum atomic E-state index is -1.17. The Bertz CT molecular complexity index is 2020. The van der Waals surface area contributed by atoms with Crippen molar-refractivity contribution in [3.8, 4) is 39.9 Å². The Kier molecular flexibility index (Phi) is 10.7. The number of carboxylic acid groups (broad SMARTS) is 1. The van der Waals surface area contributed by atoms with E-state index in [0.717, 1.165) is 33.8 Å². The average molecular weight is 715 g/mol. The van der Waals surface area contributed by atoms with Crippen LogP contribution in [0.1, 0.15) is 21.5 Å². The summed E-state index contributed by atoms with van der Waals surface area (Å²) in [4.78, 5) is 25.8. The molecule has 0 radical (unpaired) electrons. The fraction of sp³-hybridized carbons (Fsp3) is 0.0732. The number of hydrogen-bond donors (Lipinski definition) is 2. The maximum absolute atomic E-state index is 13.5. The summed E-state index contributed by atoms with van der Waals surface area (Å²) in [6, 6.07) is 45.7. The third kappa shape index (κ3) is 8.94. The molecule has 2 N–H and O–H groups in total. The van der Waals surface area contributed by atoms with Crippen LogP contribution in [-0.2, 0) is 17.8 Å². The highest BCUT2D eigenvalue weighted by molar-refractivity contribution is 9.10. The van der Waals surface area contributed by atoms with Crippen LogP contribution in [0.25, 0.3) is 11.1 Å². The van der Waals surface area contributed by atoms with E-state index in [1.54, 1.807) is 18.2 Å². The summed E-state index contributed by atoms with van der Waals surface area (Å²) >= 11 is 3.42. The van der Waals surface area contributed by atoms with Crippen LogP contribution in [-0.4, -0.2) is 23.0 Å². The second-order valence-corrected chi connectivity index (χ2v) is 12.1. The molecule has 6 aromatic carbocycles. The van der Waals surface area contributed by atoms with Crippen LogP contribution < -0.4 is 19.5 Å². The maximum Gasteiger partial charge on any atom is 0.326 e. The van der Waals surface area contributed by atoms with Crippen molar-refractivity contribution in [1.82, 2.24) is 5.32 Å². The molecule has 0 aromatic heterocycles. The fourth-order valence-electron chi connectivity index (χ4n) is 5.15. The number of rotatable bonds is 13. The molecule has 0 unspecified atom stereocenters. The number of benzene rings is 6. The molecule has 0 spiro atoms. The summed E-state index contributed by atoms with van der Waals surface area (Å²) in [6.45, 7) is 0.196. The van der Waals surface area contributed by atoms with Crippen molar-refractivity contribution in [3.63, 3.8) is 0 Å². The van der Waals surface area contributed by atoms with Crippen LogP contribution in [0.15, 0.2) is 156 Å². The first kappa shape index (κ1) is 33.1. The zero-order valence-electron chi connectivity index (χ0n) is 26.3. The van der Waals surface area contributed by atoms with Gasteiger partial charge in [0.2, 0.25) is 0 Å². The molecule has 0 bridgehead atoms. The van der Waals surface area contributed by atoms with Crippen LogP contribution in [0.5, 0.6) is 28.7 Å². The monoisotopic (exact) mass is 713 g/mol. The third-order valence-electron chi connectivity index (χ3n) is 7.65. The van der Waals surface area contributed by atoms with Crippen molar-refractivity contribution >= 4 is 27.8 Å². The number of carbonyl (C=O) groups excluding carboxylic acids is 1. The highest BCUT2D eigenvalue weighted by atomic mass is 79.9. The lowest BCUT2D eigenvalue weighted by Crippen LogP contribution is -2.42. The second-order valence-electron chi connectivity index (χ2n) is 11.2. The summed E-state index contributed by atoms with van der Waals surface area (Å²) in [7, 11) is 0. The van der Waals surface area contributed by atoms with Crippen LogP contribution in [0.2, 0.25) is 0 Å². The van der Waals surface area contributed by atoms with Crippen LogP contribution >= 0.6 is 15.9 Å². The van der Waals surface area contributed by atoms with Crippen molar-refractivity contribution < 1.29 is 28.9 Å². The molecule has 0 aliphatic heterocycles. The minimum absolute atomic E-state index is 0.0884. The number of carboxylic acids is 1. The highest BCUT2D eigenvalue weighted by Gasteiger charge is 2.23. The van der Waals surface area contributed by atoms with Crippen molar-refractivity contribution in [2.24, 2.45) is 0 Å². The van der Waals surface area contributed by atoms with Gasteiger partial charge in [-0.2, -0.15) is 0 Å². The summed E-state index contributed by atoms with van der Waals surface area (Å²) in [5.41, 5.74) is 3.66. The molecule has 0 saturated carbocycles. The fourth-order valence-corrected chi connectivity index (χ4v) is 5.51. The second kappa shape index (κ2) is 15.8. The SMILES string of the molecule is O=C(N[C@@H](Cc1ccc(-c2ccccc2Oc2ccccc2)cc1)C(=O)O)c1cc(Br)ccc1OCc1ccc(Oc2ccccc2)cc1.